The first-order chi connectivity index (χ1) is 9.04. The van der Waals surface area contributed by atoms with Gasteiger partial charge in [-0.2, -0.15) is 0 Å². The van der Waals surface area contributed by atoms with E-state index in [1.807, 2.05) is 0 Å². The van der Waals surface area contributed by atoms with Gasteiger partial charge in [0.05, 0.1) is 6.61 Å². The van der Waals surface area contributed by atoms with Crippen molar-refractivity contribution in [3.8, 4) is 5.75 Å². The highest BCUT2D eigenvalue weighted by molar-refractivity contribution is 5.96. The van der Waals surface area contributed by atoms with Crippen LogP contribution in [-0.2, 0) is 9.53 Å². The molecule has 0 aliphatic rings. The largest absolute Gasteiger partial charge is 0.491 e. The zero-order valence-electron chi connectivity index (χ0n) is 10.9. The summed E-state index contributed by atoms with van der Waals surface area (Å²) in [7, 11) is 1.57. The second kappa shape index (κ2) is 7.38. The lowest BCUT2D eigenvalue weighted by Crippen LogP contribution is -2.38. The monoisotopic (exact) mass is 267 g/mol. The smallest absolute Gasteiger partial charge is 0.325 e. The maximum Gasteiger partial charge on any atom is 0.325 e. The number of ether oxygens (including phenoxy) is 2. The molecule has 104 valence electrons. The molecule has 6 nitrogen and oxygen atoms in total. The predicted octanol–water partition coefficient (Wildman–Crippen LogP) is 0.915. The molecule has 0 aliphatic heterocycles. The van der Waals surface area contributed by atoms with Crippen molar-refractivity contribution >= 4 is 11.9 Å². The molecule has 0 aromatic heterocycles. The molecule has 0 aliphatic carbocycles. The minimum absolute atomic E-state index is 0.350. The van der Waals surface area contributed by atoms with E-state index >= 15 is 0 Å². The van der Waals surface area contributed by atoms with Crippen LogP contribution in [0.5, 0.6) is 5.75 Å². The number of amides is 1. The van der Waals surface area contributed by atoms with Crippen molar-refractivity contribution < 1.29 is 24.2 Å². The number of nitrogens with one attached hydrogen (secondary N) is 1. The number of hydrogen-bond donors (Lipinski definition) is 2. The standard InChI is InChI=1S/C13H17NO5/c1-9(13(16)17)14-12(15)10-4-3-5-11(8-10)19-7-6-18-2/h3-5,8-9H,6-7H2,1-2H3,(H,14,15)(H,16,17). The van der Waals surface area contributed by atoms with Crippen LogP contribution in [0.15, 0.2) is 24.3 Å². The molecule has 0 saturated heterocycles. The Morgan fingerprint density at radius 1 is 1.37 bits per heavy atom. The van der Waals surface area contributed by atoms with Crippen molar-refractivity contribution in [3.05, 3.63) is 29.8 Å². The SMILES string of the molecule is COCCOc1cccc(C(=O)NC(C)C(=O)O)c1. The van der Waals surface area contributed by atoms with Crippen LogP contribution in [0.25, 0.3) is 0 Å². The van der Waals surface area contributed by atoms with Crippen molar-refractivity contribution in [2.45, 2.75) is 13.0 Å². The lowest BCUT2D eigenvalue weighted by atomic mass is 10.2. The zero-order valence-corrected chi connectivity index (χ0v) is 10.9. The van der Waals surface area contributed by atoms with E-state index in [2.05, 4.69) is 5.32 Å². The number of hydrogen-bond acceptors (Lipinski definition) is 4. The first-order valence-electron chi connectivity index (χ1n) is 5.80. The van der Waals surface area contributed by atoms with Crippen LogP contribution in [0.4, 0.5) is 0 Å². The molecule has 1 unspecified atom stereocenters. The summed E-state index contributed by atoms with van der Waals surface area (Å²) in [6.45, 7) is 2.23. The molecule has 19 heavy (non-hydrogen) atoms. The number of rotatable bonds is 7. The molecule has 6 heteroatoms. The molecular formula is C13H17NO5. The summed E-state index contributed by atoms with van der Waals surface area (Å²) in [4.78, 5) is 22.4. The Balaban J connectivity index is 2.65. The van der Waals surface area contributed by atoms with E-state index in [1.165, 1.54) is 6.92 Å². The van der Waals surface area contributed by atoms with Crippen molar-refractivity contribution in [2.75, 3.05) is 20.3 Å². The number of aliphatic carboxylic acids is 1. The maximum atomic E-state index is 11.8. The van der Waals surface area contributed by atoms with Gasteiger partial charge in [-0.05, 0) is 25.1 Å². The van der Waals surface area contributed by atoms with Crippen LogP contribution in [0.1, 0.15) is 17.3 Å². The highest BCUT2D eigenvalue weighted by Gasteiger charge is 2.15. The fraction of sp³-hybridized carbons (Fsp3) is 0.385. The highest BCUT2D eigenvalue weighted by Crippen LogP contribution is 2.13. The summed E-state index contributed by atoms with van der Waals surface area (Å²) in [5.41, 5.74) is 0.350. The van der Waals surface area contributed by atoms with Gasteiger partial charge in [0.2, 0.25) is 0 Å². The zero-order chi connectivity index (χ0) is 14.3. The molecule has 1 aromatic rings. The molecule has 1 amide bonds. The summed E-state index contributed by atoms with van der Waals surface area (Å²) in [6, 6.07) is 5.59. The first kappa shape index (κ1) is 15.0. The highest BCUT2D eigenvalue weighted by atomic mass is 16.5. The quantitative estimate of drug-likeness (QED) is 0.717. The molecule has 2 N–H and O–H groups in total. The molecule has 0 radical (unpaired) electrons. The van der Waals surface area contributed by atoms with Gasteiger partial charge in [-0.15, -0.1) is 0 Å². The van der Waals surface area contributed by atoms with E-state index < -0.39 is 17.9 Å². The van der Waals surface area contributed by atoms with Gasteiger partial charge in [0, 0.05) is 12.7 Å². The number of methoxy groups -OCH3 is 1. The average molecular weight is 267 g/mol. The number of benzene rings is 1. The minimum atomic E-state index is -1.08. The van der Waals surface area contributed by atoms with Crippen LogP contribution >= 0.6 is 0 Å². The molecule has 1 rings (SSSR count). The third kappa shape index (κ3) is 4.97. The molecular weight excluding hydrogens is 250 g/mol. The van der Waals surface area contributed by atoms with Gasteiger partial charge in [0.15, 0.2) is 0 Å². The summed E-state index contributed by atoms with van der Waals surface area (Å²) in [6.07, 6.45) is 0. The van der Waals surface area contributed by atoms with Gasteiger partial charge in [-0.25, -0.2) is 0 Å². The van der Waals surface area contributed by atoms with Gasteiger partial charge in [-0.1, -0.05) is 6.07 Å². The third-order valence-electron chi connectivity index (χ3n) is 2.37. The Morgan fingerprint density at radius 2 is 2.11 bits per heavy atom. The third-order valence-corrected chi connectivity index (χ3v) is 2.37. The van der Waals surface area contributed by atoms with Gasteiger partial charge in [-0.3, -0.25) is 9.59 Å². The Morgan fingerprint density at radius 3 is 2.74 bits per heavy atom. The molecule has 0 heterocycles. The molecule has 1 atom stereocenters. The maximum absolute atomic E-state index is 11.8. The lowest BCUT2D eigenvalue weighted by Gasteiger charge is -2.10. The Hall–Kier alpha value is -2.08. The lowest BCUT2D eigenvalue weighted by molar-refractivity contribution is -0.138. The van der Waals surface area contributed by atoms with E-state index in [1.54, 1.807) is 31.4 Å². The van der Waals surface area contributed by atoms with Gasteiger partial charge >= 0.3 is 5.97 Å². The Labute approximate surface area is 111 Å². The second-order valence-corrected chi connectivity index (χ2v) is 3.90. The van der Waals surface area contributed by atoms with Crippen LogP contribution in [-0.4, -0.2) is 43.3 Å². The van der Waals surface area contributed by atoms with Crippen LogP contribution in [0, 0.1) is 0 Å². The van der Waals surface area contributed by atoms with Gasteiger partial charge in [0.25, 0.3) is 5.91 Å². The minimum Gasteiger partial charge on any atom is -0.491 e. The fourth-order valence-electron chi connectivity index (χ4n) is 1.31. The van der Waals surface area contributed by atoms with Crippen molar-refractivity contribution in [1.29, 1.82) is 0 Å². The topological polar surface area (TPSA) is 84.9 Å². The number of carboxylic acid groups (broad SMARTS) is 1. The van der Waals surface area contributed by atoms with Crippen molar-refractivity contribution in [3.63, 3.8) is 0 Å². The summed E-state index contributed by atoms with van der Waals surface area (Å²) >= 11 is 0. The number of carbonyl (C=O) groups excluding carboxylic acids is 1. The Bertz CT molecular complexity index is 446. The van der Waals surface area contributed by atoms with Gasteiger partial charge < -0.3 is 19.9 Å². The van der Waals surface area contributed by atoms with E-state index in [4.69, 9.17) is 14.6 Å². The van der Waals surface area contributed by atoms with Crippen LogP contribution < -0.4 is 10.1 Å². The van der Waals surface area contributed by atoms with E-state index in [0.717, 1.165) is 0 Å². The molecule has 1 aromatic carbocycles. The van der Waals surface area contributed by atoms with Crippen molar-refractivity contribution in [1.82, 2.24) is 5.32 Å². The van der Waals surface area contributed by atoms with Crippen LogP contribution in [0.3, 0.4) is 0 Å². The van der Waals surface area contributed by atoms with E-state index in [0.29, 0.717) is 24.5 Å². The van der Waals surface area contributed by atoms with E-state index in [-0.39, 0.29) is 0 Å². The second-order valence-electron chi connectivity index (χ2n) is 3.90. The molecule has 0 bridgehead atoms. The normalized spacial score (nSPS) is 11.7. The Kier molecular flexibility index (Phi) is 5.81. The predicted molar refractivity (Wildman–Crippen MR) is 68.4 cm³/mol. The number of carboxylic acids is 1. The average Bonchev–Trinajstić information content (AvgIpc) is 2.39. The van der Waals surface area contributed by atoms with Gasteiger partial charge in [0.1, 0.15) is 18.4 Å². The summed E-state index contributed by atoms with van der Waals surface area (Å²) < 4.78 is 10.2. The molecule has 0 saturated carbocycles. The fourth-order valence-corrected chi connectivity index (χ4v) is 1.31. The van der Waals surface area contributed by atoms with Crippen LogP contribution in [0.2, 0.25) is 0 Å². The first-order valence-corrected chi connectivity index (χ1v) is 5.80. The molecule has 0 spiro atoms. The molecule has 0 fully saturated rings. The summed E-state index contributed by atoms with van der Waals surface area (Å²) in [5.74, 6) is -0.999. The number of carbonyl (C=O) groups is 2. The summed E-state index contributed by atoms with van der Waals surface area (Å²) in [5, 5.41) is 11.1. The van der Waals surface area contributed by atoms with E-state index in [9.17, 15) is 9.59 Å². The van der Waals surface area contributed by atoms with Crippen molar-refractivity contribution in [2.24, 2.45) is 0 Å².